The zero-order valence-electron chi connectivity index (χ0n) is 21.0. The van der Waals surface area contributed by atoms with E-state index in [1.165, 1.54) is 0 Å². The summed E-state index contributed by atoms with van der Waals surface area (Å²) in [5.41, 5.74) is 1.60. The molecule has 2 aliphatic rings. The molecule has 6 heteroatoms. The number of hydrogen-bond donors (Lipinski definition) is 0. The first-order valence-corrected chi connectivity index (χ1v) is 15.4. The second-order valence-electron chi connectivity index (χ2n) is 11.9. The largest absolute Gasteiger partial charge is 0.493 e. The smallest absolute Gasteiger partial charge is 0.349 e. The normalized spacial score (nSPS) is 28.0. The van der Waals surface area contributed by atoms with E-state index in [-0.39, 0.29) is 28.4 Å². The van der Waals surface area contributed by atoms with Crippen LogP contribution in [-0.4, -0.2) is 41.8 Å². The van der Waals surface area contributed by atoms with Gasteiger partial charge in [0.05, 0.1) is 19.0 Å². The third-order valence-corrected chi connectivity index (χ3v) is 18.2. The highest BCUT2D eigenvalue weighted by Crippen LogP contribution is 2.55. The van der Waals surface area contributed by atoms with Crippen LogP contribution in [0.1, 0.15) is 83.1 Å². The molecule has 170 valence electrons. The lowest BCUT2D eigenvalue weighted by Crippen LogP contribution is -2.68. The minimum Gasteiger partial charge on any atom is -0.493 e. The van der Waals surface area contributed by atoms with Crippen LogP contribution < -0.4 is 0 Å². The van der Waals surface area contributed by atoms with Crippen molar-refractivity contribution in [1.29, 1.82) is 0 Å². The van der Waals surface area contributed by atoms with E-state index in [1.807, 2.05) is 0 Å². The molecule has 2 rings (SSSR count). The van der Waals surface area contributed by atoms with E-state index in [1.54, 1.807) is 6.26 Å². The molecule has 0 aliphatic carbocycles. The van der Waals surface area contributed by atoms with Gasteiger partial charge >= 0.3 is 8.56 Å². The van der Waals surface area contributed by atoms with Gasteiger partial charge < -0.3 is 18.0 Å². The third kappa shape index (κ3) is 4.29. The summed E-state index contributed by atoms with van der Waals surface area (Å²) in [4.78, 5) is 0. The van der Waals surface area contributed by atoms with Crippen LogP contribution in [0.2, 0.25) is 26.7 Å². The van der Waals surface area contributed by atoms with E-state index in [4.69, 9.17) is 18.0 Å². The van der Waals surface area contributed by atoms with Crippen molar-refractivity contribution in [3.05, 3.63) is 12.3 Å². The topological polar surface area (TPSA) is 36.9 Å². The summed E-state index contributed by atoms with van der Waals surface area (Å²) in [6.45, 7) is 28.1. The quantitative estimate of drug-likeness (QED) is 0.433. The fourth-order valence-corrected chi connectivity index (χ4v) is 16.4. The summed E-state index contributed by atoms with van der Waals surface area (Å²) in [7, 11) is -4.61. The number of hydrogen-bond acceptors (Lipinski definition) is 4. The Bertz CT molecular complexity index is 551. The monoisotopic (exact) mass is 442 g/mol. The molecule has 2 heterocycles. The average molecular weight is 443 g/mol. The Kier molecular flexibility index (Phi) is 7.29. The van der Waals surface area contributed by atoms with Crippen LogP contribution in [0.3, 0.4) is 0 Å². The first kappa shape index (κ1) is 25.1. The molecule has 0 saturated carbocycles. The third-order valence-electron chi connectivity index (χ3n) is 6.99. The highest BCUT2D eigenvalue weighted by Gasteiger charge is 2.63. The number of ether oxygens (including phenoxy) is 1. The van der Waals surface area contributed by atoms with Gasteiger partial charge in [-0.25, -0.2) is 0 Å². The lowest BCUT2D eigenvalue weighted by atomic mass is 10.1. The zero-order valence-corrected chi connectivity index (χ0v) is 23.0. The molecule has 0 radical (unpaired) electrons. The Morgan fingerprint density at radius 2 is 1.38 bits per heavy atom. The summed E-state index contributed by atoms with van der Waals surface area (Å²) >= 11 is 0. The second kappa shape index (κ2) is 8.42. The number of fused-ring (bicyclic) bond motifs is 1. The summed E-state index contributed by atoms with van der Waals surface area (Å²) in [5.74, 6) is 0. The standard InChI is InChI=1S/C23H46O4Si2/c1-16(2)28(17(3)4,18(5)6)26-19-13-14-24-20-15-25-29(22(7,8)9,23(10,11)12)27-21(19)20/h13-14,16-21H,15H2,1-12H3/t19-,20-,21?/m1/s1. The molecule has 1 saturated heterocycles. The fourth-order valence-electron chi connectivity index (χ4n) is 5.99. The molecule has 3 atom stereocenters. The SMILES string of the molecule is CC(C)[Si](O[C@@H]1C=CO[C@@H]2CO[Si](C(C)(C)C)(C(C)(C)C)OC12)(C(C)C)C(C)C. The maximum absolute atomic E-state index is 7.17. The highest BCUT2D eigenvalue weighted by atomic mass is 28.4. The van der Waals surface area contributed by atoms with Gasteiger partial charge in [-0.1, -0.05) is 83.1 Å². The summed E-state index contributed by atoms with van der Waals surface area (Å²) in [6, 6.07) is 0. The van der Waals surface area contributed by atoms with Gasteiger partial charge in [0.15, 0.2) is 0 Å². The first-order valence-electron chi connectivity index (χ1n) is 11.4. The average Bonchev–Trinajstić information content (AvgIpc) is 2.56. The molecular weight excluding hydrogens is 396 g/mol. The zero-order chi connectivity index (χ0) is 22.4. The van der Waals surface area contributed by atoms with Crippen LogP contribution in [0.5, 0.6) is 0 Å². The fraction of sp³-hybridized carbons (Fsp3) is 0.913. The first-order chi connectivity index (χ1) is 13.1. The van der Waals surface area contributed by atoms with Crippen LogP contribution in [0, 0.1) is 0 Å². The molecule has 1 unspecified atom stereocenters. The van der Waals surface area contributed by atoms with E-state index >= 15 is 0 Å². The molecule has 0 bridgehead atoms. The van der Waals surface area contributed by atoms with Crippen LogP contribution in [0.4, 0.5) is 0 Å². The van der Waals surface area contributed by atoms with E-state index in [9.17, 15) is 0 Å². The molecule has 0 N–H and O–H groups in total. The lowest BCUT2D eigenvalue weighted by molar-refractivity contribution is -0.120. The Morgan fingerprint density at radius 1 is 0.897 bits per heavy atom. The molecular formula is C23H46O4Si2. The predicted octanol–water partition coefficient (Wildman–Crippen LogP) is 6.92. The minimum atomic E-state index is -2.57. The maximum atomic E-state index is 7.17. The van der Waals surface area contributed by atoms with E-state index in [0.717, 1.165) is 0 Å². The van der Waals surface area contributed by atoms with Gasteiger partial charge in [0.2, 0.25) is 8.32 Å². The Hall–Kier alpha value is -0.146. The summed E-state index contributed by atoms with van der Waals surface area (Å²) in [6.07, 6.45) is 3.61. The maximum Gasteiger partial charge on any atom is 0.349 e. The van der Waals surface area contributed by atoms with Gasteiger partial charge in [0.1, 0.15) is 12.2 Å². The van der Waals surface area contributed by atoms with Crippen molar-refractivity contribution >= 4 is 16.9 Å². The minimum absolute atomic E-state index is 0.0510. The van der Waals surface area contributed by atoms with Crippen molar-refractivity contribution in [2.45, 2.75) is 128 Å². The molecule has 4 nitrogen and oxygen atoms in total. The van der Waals surface area contributed by atoms with Gasteiger partial charge in [-0.3, -0.25) is 0 Å². The van der Waals surface area contributed by atoms with Crippen molar-refractivity contribution < 1.29 is 18.0 Å². The molecule has 1 fully saturated rings. The van der Waals surface area contributed by atoms with Gasteiger partial charge in [0, 0.05) is 10.1 Å². The van der Waals surface area contributed by atoms with Crippen LogP contribution >= 0.6 is 0 Å². The van der Waals surface area contributed by atoms with Crippen LogP contribution in [0.15, 0.2) is 12.3 Å². The van der Waals surface area contributed by atoms with Crippen molar-refractivity contribution in [3.63, 3.8) is 0 Å². The second-order valence-corrected chi connectivity index (χ2v) is 22.1. The predicted molar refractivity (Wildman–Crippen MR) is 126 cm³/mol. The van der Waals surface area contributed by atoms with Crippen molar-refractivity contribution in [2.24, 2.45) is 0 Å². The number of rotatable bonds is 5. The van der Waals surface area contributed by atoms with Crippen molar-refractivity contribution in [3.8, 4) is 0 Å². The van der Waals surface area contributed by atoms with Gasteiger partial charge in [0.25, 0.3) is 0 Å². The van der Waals surface area contributed by atoms with Gasteiger partial charge in [-0.05, 0) is 22.7 Å². The molecule has 0 spiro atoms. The Labute approximate surface area is 182 Å². The summed E-state index contributed by atoms with van der Waals surface area (Å²) in [5, 5.41) is -0.102. The molecule has 0 aromatic rings. The molecule has 0 aromatic carbocycles. The van der Waals surface area contributed by atoms with Gasteiger partial charge in [-0.2, -0.15) is 0 Å². The molecule has 0 amide bonds. The molecule has 2 aliphatic heterocycles. The molecule has 0 aromatic heterocycles. The Balaban J connectivity index is 2.45. The van der Waals surface area contributed by atoms with Gasteiger partial charge in [-0.15, -0.1) is 0 Å². The van der Waals surface area contributed by atoms with Crippen LogP contribution in [0.25, 0.3) is 0 Å². The lowest BCUT2D eigenvalue weighted by Gasteiger charge is -2.56. The Morgan fingerprint density at radius 3 is 1.79 bits per heavy atom. The molecule has 29 heavy (non-hydrogen) atoms. The summed E-state index contributed by atoms with van der Waals surface area (Å²) < 4.78 is 26.8. The van der Waals surface area contributed by atoms with E-state index in [2.05, 4.69) is 89.2 Å². The highest BCUT2D eigenvalue weighted by molar-refractivity contribution is 6.77. The van der Waals surface area contributed by atoms with Crippen molar-refractivity contribution in [2.75, 3.05) is 6.61 Å². The van der Waals surface area contributed by atoms with E-state index in [0.29, 0.717) is 23.2 Å². The van der Waals surface area contributed by atoms with Crippen molar-refractivity contribution in [1.82, 2.24) is 0 Å². The van der Waals surface area contributed by atoms with Crippen LogP contribution in [-0.2, 0) is 18.0 Å². The van der Waals surface area contributed by atoms with E-state index < -0.39 is 16.9 Å².